The number of nitrogens with zero attached hydrogens (tertiary/aromatic N) is 3. The monoisotopic (exact) mass is 524 g/mol. The first-order valence-electron chi connectivity index (χ1n) is 9.96. The van der Waals surface area contributed by atoms with Gasteiger partial charge in [0.1, 0.15) is 5.82 Å². The van der Waals surface area contributed by atoms with Gasteiger partial charge in [-0.1, -0.05) is 34.8 Å². The second-order valence-electron chi connectivity index (χ2n) is 8.39. The Morgan fingerprint density at radius 1 is 1.00 bits per heavy atom. The Hall–Kier alpha value is -2.94. The minimum Gasteiger partial charge on any atom is -0.287 e. The molecule has 0 aliphatic carbocycles. The summed E-state index contributed by atoms with van der Waals surface area (Å²) in [6.07, 6.45) is 0. The molecule has 0 atom stereocenters. The van der Waals surface area contributed by atoms with Gasteiger partial charge in [0, 0.05) is 17.3 Å². The normalized spacial score (nSPS) is 11.3. The number of hydrazine groups is 1. The molecule has 3 aromatic rings. The maximum Gasteiger partial charge on any atom is 0.294 e. The average Bonchev–Trinajstić information content (AvgIpc) is 2.74. The zero-order chi connectivity index (χ0) is 25.4. The van der Waals surface area contributed by atoms with Crippen LogP contribution in [0.1, 0.15) is 47.3 Å². The van der Waals surface area contributed by atoms with E-state index in [0.29, 0.717) is 11.4 Å². The Morgan fingerprint density at radius 3 is 2.18 bits per heavy atom. The molecule has 0 saturated heterocycles. The van der Waals surface area contributed by atoms with E-state index in [0.717, 1.165) is 17.1 Å². The number of benzene rings is 2. The van der Waals surface area contributed by atoms with E-state index in [1.54, 1.807) is 27.7 Å². The van der Waals surface area contributed by atoms with Crippen LogP contribution in [0, 0.1) is 12.7 Å². The molecule has 1 N–H and O–H groups in total. The van der Waals surface area contributed by atoms with Gasteiger partial charge in [-0.05, 0) is 64.1 Å². The molecule has 3 rings (SSSR count). The molecule has 0 unspecified atom stereocenters. The van der Waals surface area contributed by atoms with Gasteiger partial charge in [-0.15, -0.1) is 0 Å². The van der Waals surface area contributed by atoms with Crippen LogP contribution in [0.25, 0.3) is 5.69 Å². The van der Waals surface area contributed by atoms with E-state index in [1.807, 2.05) is 0 Å². The first-order valence-corrected chi connectivity index (χ1v) is 11.1. The number of amides is 2. The quantitative estimate of drug-likeness (QED) is 0.375. The highest BCUT2D eigenvalue weighted by molar-refractivity contribution is 6.43. The molecule has 0 spiro atoms. The lowest BCUT2D eigenvalue weighted by atomic mass is 10.1. The van der Waals surface area contributed by atoms with Crippen molar-refractivity contribution in [3.63, 3.8) is 0 Å². The Morgan fingerprint density at radius 2 is 1.59 bits per heavy atom. The highest BCUT2D eigenvalue weighted by Gasteiger charge is 2.31. The maximum atomic E-state index is 13.3. The summed E-state index contributed by atoms with van der Waals surface area (Å²) in [7, 11) is 0. The van der Waals surface area contributed by atoms with Gasteiger partial charge < -0.3 is 0 Å². The van der Waals surface area contributed by atoms with E-state index < -0.39 is 34.3 Å². The van der Waals surface area contributed by atoms with Gasteiger partial charge in [0.05, 0.1) is 26.3 Å². The molecule has 34 heavy (non-hydrogen) atoms. The molecule has 1 heterocycles. The van der Waals surface area contributed by atoms with Crippen molar-refractivity contribution in [2.75, 3.05) is 0 Å². The molecule has 0 radical (unpaired) electrons. The van der Waals surface area contributed by atoms with Crippen molar-refractivity contribution in [2.45, 2.75) is 33.2 Å². The molecule has 11 heteroatoms. The summed E-state index contributed by atoms with van der Waals surface area (Å²) < 4.78 is 14.6. The number of nitrogens with one attached hydrogen (secondary N) is 1. The Kier molecular flexibility index (Phi) is 7.35. The van der Waals surface area contributed by atoms with Crippen LogP contribution < -0.4 is 10.9 Å². The molecular formula is C23H20Cl3FN4O3. The molecular weight excluding hydrogens is 506 g/mol. The van der Waals surface area contributed by atoms with Crippen molar-refractivity contribution in [1.29, 1.82) is 0 Å². The Balaban J connectivity index is 2.02. The molecule has 0 aliphatic heterocycles. The molecule has 0 saturated carbocycles. The van der Waals surface area contributed by atoms with Crippen LogP contribution in [-0.2, 0) is 0 Å². The highest BCUT2D eigenvalue weighted by atomic mass is 35.5. The first kappa shape index (κ1) is 25.7. The molecule has 2 aromatic carbocycles. The number of hydrogen-bond acceptors (Lipinski definition) is 4. The van der Waals surface area contributed by atoms with Crippen molar-refractivity contribution < 1.29 is 14.0 Å². The van der Waals surface area contributed by atoms with Gasteiger partial charge in [0.2, 0.25) is 5.43 Å². The average molecular weight is 526 g/mol. The lowest BCUT2D eigenvalue weighted by molar-refractivity contribution is 0.0355. The largest absolute Gasteiger partial charge is 0.294 e. The van der Waals surface area contributed by atoms with Gasteiger partial charge in [-0.25, -0.2) is 14.1 Å². The fraction of sp³-hybridized carbons (Fsp3) is 0.217. The number of aryl methyl sites for hydroxylation is 1. The summed E-state index contributed by atoms with van der Waals surface area (Å²) in [6.45, 7) is 6.66. The van der Waals surface area contributed by atoms with E-state index in [-0.39, 0.29) is 20.6 Å². The van der Waals surface area contributed by atoms with E-state index in [1.165, 1.54) is 35.0 Å². The summed E-state index contributed by atoms with van der Waals surface area (Å²) in [4.78, 5) is 38.8. The van der Waals surface area contributed by atoms with E-state index in [2.05, 4.69) is 10.5 Å². The SMILES string of the molecule is Cc1cc(=O)c(C(=O)NN(C(=O)c2ccc(F)cc2)C(C)(C)C)nn1-c1cc(Cl)c(Cl)cc1Cl. The third-order valence-corrected chi connectivity index (χ3v) is 5.74. The lowest BCUT2D eigenvalue weighted by Gasteiger charge is -2.35. The number of aromatic nitrogens is 2. The number of carbonyl (C=O) groups excluding carboxylic acids is 2. The van der Waals surface area contributed by atoms with Crippen molar-refractivity contribution in [2.24, 2.45) is 0 Å². The van der Waals surface area contributed by atoms with Crippen LogP contribution >= 0.6 is 34.8 Å². The molecule has 1 aromatic heterocycles. The van der Waals surface area contributed by atoms with Gasteiger partial charge in [0.15, 0.2) is 5.69 Å². The van der Waals surface area contributed by atoms with Gasteiger partial charge in [-0.2, -0.15) is 5.10 Å². The van der Waals surface area contributed by atoms with Crippen LogP contribution in [0.2, 0.25) is 15.1 Å². The molecule has 0 fully saturated rings. The molecule has 0 bridgehead atoms. The summed E-state index contributed by atoms with van der Waals surface area (Å²) in [5.41, 5.74) is 1.26. The summed E-state index contributed by atoms with van der Waals surface area (Å²) in [5.74, 6) is -2.02. The minimum atomic E-state index is -0.916. The predicted octanol–water partition coefficient (Wildman–Crippen LogP) is 5.23. The maximum absolute atomic E-state index is 13.3. The number of halogens is 4. The van der Waals surface area contributed by atoms with Gasteiger partial charge >= 0.3 is 0 Å². The number of carbonyl (C=O) groups is 2. The van der Waals surface area contributed by atoms with Crippen molar-refractivity contribution in [3.05, 3.63) is 90.5 Å². The molecule has 178 valence electrons. The van der Waals surface area contributed by atoms with Crippen LogP contribution in [-0.4, -0.2) is 32.1 Å². The van der Waals surface area contributed by atoms with Crippen LogP contribution in [0.3, 0.4) is 0 Å². The topological polar surface area (TPSA) is 84.3 Å². The van der Waals surface area contributed by atoms with Crippen molar-refractivity contribution in [3.8, 4) is 5.69 Å². The number of hydrogen-bond donors (Lipinski definition) is 1. The Labute approximate surface area is 210 Å². The zero-order valence-corrected chi connectivity index (χ0v) is 20.9. The summed E-state index contributed by atoms with van der Waals surface area (Å²) in [5, 5.41) is 5.86. The molecule has 0 aliphatic rings. The molecule has 7 nitrogen and oxygen atoms in total. The predicted molar refractivity (Wildman–Crippen MR) is 129 cm³/mol. The van der Waals surface area contributed by atoms with Crippen LogP contribution in [0.15, 0.2) is 47.3 Å². The van der Waals surface area contributed by atoms with Crippen LogP contribution in [0.4, 0.5) is 4.39 Å². The van der Waals surface area contributed by atoms with E-state index in [4.69, 9.17) is 34.8 Å². The minimum absolute atomic E-state index is 0.147. The van der Waals surface area contributed by atoms with Crippen LogP contribution in [0.5, 0.6) is 0 Å². The first-order chi connectivity index (χ1) is 15.8. The standard InChI is InChI=1S/C23H20Cl3FN4O3/c1-12-9-19(32)20(28-30(12)18-11-16(25)15(24)10-17(18)26)21(33)29-31(23(2,3)4)22(34)13-5-7-14(27)8-6-13/h5-11H,1-4H3,(H,29,33). The second kappa shape index (κ2) is 9.74. The fourth-order valence-corrected chi connectivity index (χ4v) is 3.64. The fourth-order valence-electron chi connectivity index (χ4n) is 3.02. The molecule has 2 amide bonds. The van der Waals surface area contributed by atoms with E-state index in [9.17, 15) is 18.8 Å². The smallest absolute Gasteiger partial charge is 0.287 e. The summed E-state index contributed by atoms with van der Waals surface area (Å²) in [6, 6.07) is 8.95. The van der Waals surface area contributed by atoms with Gasteiger partial charge in [-0.3, -0.25) is 19.8 Å². The summed E-state index contributed by atoms with van der Waals surface area (Å²) >= 11 is 18.4. The Bertz CT molecular complexity index is 1340. The highest BCUT2D eigenvalue weighted by Crippen LogP contribution is 2.31. The number of rotatable bonds is 3. The second-order valence-corrected chi connectivity index (χ2v) is 9.61. The third-order valence-electron chi connectivity index (χ3n) is 4.72. The van der Waals surface area contributed by atoms with Crippen molar-refractivity contribution >= 4 is 46.6 Å². The van der Waals surface area contributed by atoms with Gasteiger partial charge in [0.25, 0.3) is 11.8 Å². The third kappa shape index (κ3) is 5.41. The van der Waals surface area contributed by atoms with Crippen molar-refractivity contribution in [1.82, 2.24) is 20.2 Å². The lowest BCUT2D eigenvalue weighted by Crippen LogP contribution is -2.56. The zero-order valence-electron chi connectivity index (χ0n) is 18.6. The van der Waals surface area contributed by atoms with E-state index >= 15 is 0 Å².